The third-order valence-electron chi connectivity index (χ3n) is 3.94. The molecule has 0 bridgehead atoms. The fraction of sp³-hybridized carbons (Fsp3) is 0.625. The monoisotopic (exact) mass is 281 g/mol. The Balaban J connectivity index is 1.80. The molecule has 0 N–H and O–H groups in total. The van der Waals surface area contributed by atoms with Gasteiger partial charge in [0.25, 0.3) is 0 Å². The Morgan fingerprint density at radius 1 is 1.21 bits per heavy atom. The first-order valence-electron chi connectivity index (χ1n) is 7.15. The van der Waals surface area contributed by atoms with Crippen LogP contribution in [-0.2, 0) is 11.3 Å². The van der Waals surface area contributed by atoms with Crippen LogP contribution < -0.4 is 0 Å². The number of likely N-dealkylation sites (tertiary alicyclic amines) is 1. The molecule has 0 radical (unpaired) electrons. The van der Waals surface area contributed by atoms with Crippen LogP contribution in [0.15, 0.2) is 18.2 Å². The van der Waals surface area contributed by atoms with Gasteiger partial charge in [-0.05, 0) is 43.4 Å². The Morgan fingerprint density at radius 3 is 2.58 bits per heavy atom. The number of halogens is 1. The third kappa shape index (κ3) is 4.48. The van der Waals surface area contributed by atoms with Crippen molar-refractivity contribution in [2.45, 2.75) is 39.3 Å². The van der Waals surface area contributed by atoms with Crippen molar-refractivity contribution in [2.75, 3.05) is 25.6 Å². The summed E-state index contributed by atoms with van der Waals surface area (Å²) in [6.07, 6.45) is 2.67. The Kier molecular flexibility index (Phi) is 5.68. The topological polar surface area (TPSA) is 12.5 Å². The summed E-state index contributed by atoms with van der Waals surface area (Å²) in [5, 5.41) is 0. The molecule has 0 amide bonds. The Hall–Kier alpha value is -0.570. The summed E-state index contributed by atoms with van der Waals surface area (Å²) in [4.78, 5) is 2.52. The summed E-state index contributed by atoms with van der Waals surface area (Å²) in [6, 6.07) is 6.78. The van der Waals surface area contributed by atoms with E-state index in [1.807, 2.05) is 0 Å². The molecule has 19 heavy (non-hydrogen) atoms. The van der Waals surface area contributed by atoms with E-state index in [9.17, 15) is 0 Å². The van der Waals surface area contributed by atoms with Gasteiger partial charge in [-0.3, -0.25) is 4.90 Å². The molecule has 0 saturated carbocycles. The molecular weight excluding hydrogens is 258 g/mol. The highest BCUT2D eigenvalue weighted by molar-refractivity contribution is 6.17. The summed E-state index contributed by atoms with van der Waals surface area (Å²) in [5.74, 6) is 0.600. The molecule has 3 heteroatoms. The van der Waals surface area contributed by atoms with Crippen molar-refractivity contribution in [2.24, 2.45) is 0 Å². The van der Waals surface area contributed by atoms with E-state index in [-0.39, 0.29) is 0 Å². The van der Waals surface area contributed by atoms with Gasteiger partial charge in [-0.25, -0.2) is 0 Å². The van der Waals surface area contributed by atoms with Crippen LogP contribution >= 0.6 is 11.6 Å². The molecule has 2 nitrogen and oxygen atoms in total. The first-order valence-corrected chi connectivity index (χ1v) is 7.68. The number of nitrogens with zero attached hydrogens (tertiary/aromatic N) is 1. The van der Waals surface area contributed by atoms with Gasteiger partial charge in [0.2, 0.25) is 0 Å². The van der Waals surface area contributed by atoms with E-state index in [1.54, 1.807) is 0 Å². The number of aryl methyl sites for hydroxylation is 2. The number of piperidine rings is 1. The summed E-state index contributed by atoms with van der Waals surface area (Å²) < 4.78 is 5.71. The highest BCUT2D eigenvalue weighted by Crippen LogP contribution is 2.17. The quantitative estimate of drug-likeness (QED) is 0.766. The second-order valence-electron chi connectivity index (χ2n) is 5.45. The molecule has 1 heterocycles. The van der Waals surface area contributed by atoms with Crippen LogP contribution in [0.25, 0.3) is 0 Å². The second kappa shape index (κ2) is 7.28. The standard InChI is InChI=1S/C16H24ClNO/c1-13-3-4-15(11-14(13)2)12-18-8-5-16(6-9-18)19-10-7-17/h3-4,11,16H,5-10,12H2,1-2H3. The van der Waals surface area contributed by atoms with Gasteiger partial charge in [0.15, 0.2) is 0 Å². The van der Waals surface area contributed by atoms with Crippen molar-refractivity contribution < 1.29 is 4.74 Å². The highest BCUT2D eigenvalue weighted by atomic mass is 35.5. The van der Waals surface area contributed by atoms with Gasteiger partial charge in [0.1, 0.15) is 0 Å². The number of benzene rings is 1. The van der Waals surface area contributed by atoms with Gasteiger partial charge in [-0.2, -0.15) is 0 Å². The molecule has 0 aromatic heterocycles. The number of hydrogen-bond acceptors (Lipinski definition) is 2. The SMILES string of the molecule is Cc1ccc(CN2CCC(OCCCl)CC2)cc1C. The predicted octanol–water partition coefficient (Wildman–Crippen LogP) is 3.52. The Morgan fingerprint density at radius 2 is 1.95 bits per heavy atom. The first-order chi connectivity index (χ1) is 9.19. The molecular formula is C16H24ClNO. The van der Waals surface area contributed by atoms with E-state index < -0.39 is 0 Å². The number of alkyl halides is 1. The molecule has 0 spiro atoms. The van der Waals surface area contributed by atoms with Crippen molar-refractivity contribution >= 4 is 11.6 Å². The molecule has 106 valence electrons. The summed E-state index contributed by atoms with van der Waals surface area (Å²) in [7, 11) is 0. The van der Waals surface area contributed by atoms with Gasteiger partial charge in [0, 0.05) is 25.5 Å². The van der Waals surface area contributed by atoms with Gasteiger partial charge in [-0.1, -0.05) is 18.2 Å². The summed E-state index contributed by atoms with van der Waals surface area (Å²) >= 11 is 5.65. The predicted molar refractivity (Wildman–Crippen MR) is 80.9 cm³/mol. The minimum Gasteiger partial charge on any atom is -0.377 e. The average molecular weight is 282 g/mol. The number of ether oxygens (including phenoxy) is 1. The van der Waals surface area contributed by atoms with Crippen LogP contribution in [-0.4, -0.2) is 36.6 Å². The van der Waals surface area contributed by atoms with E-state index in [4.69, 9.17) is 16.3 Å². The minimum absolute atomic E-state index is 0.412. The molecule has 0 unspecified atom stereocenters. The van der Waals surface area contributed by atoms with Crippen LogP contribution in [0, 0.1) is 13.8 Å². The molecule has 1 aromatic carbocycles. The van der Waals surface area contributed by atoms with Crippen LogP contribution in [0.4, 0.5) is 0 Å². The summed E-state index contributed by atoms with van der Waals surface area (Å²) in [5.41, 5.74) is 4.18. The van der Waals surface area contributed by atoms with E-state index in [0.29, 0.717) is 18.6 Å². The Bertz CT molecular complexity index is 400. The highest BCUT2D eigenvalue weighted by Gasteiger charge is 2.19. The van der Waals surface area contributed by atoms with Crippen LogP contribution in [0.1, 0.15) is 29.5 Å². The lowest BCUT2D eigenvalue weighted by Crippen LogP contribution is -2.36. The van der Waals surface area contributed by atoms with E-state index >= 15 is 0 Å². The molecule has 0 aliphatic carbocycles. The van der Waals surface area contributed by atoms with E-state index in [0.717, 1.165) is 32.5 Å². The fourth-order valence-corrected chi connectivity index (χ4v) is 2.69. The third-order valence-corrected chi connectivity index (χ3v) is 4.10. The molecule has 0 atom stereocenters. The molecule has 1 aromatic rings. The van der Waals surface area contributed by atoms with Crippen LogP contribution in [0.2, 0.25) is 0 Å². The maximum Gasteiger partial charge on any atom is 0.0605 e. The maximum absolute atomic E-state index is 5.71. The van der Waals surface area contributed by atoms with Gasteiger partial charge < -0.3 is 4.74 Å². The molecule has 1 fully saturated rings. The lowest BCUT2D eigenvalue weighted by molar-refractivity contribution is 0.0134. The molecule has 1 aliphatic heterocycles. The van der Waals surface area contributed by atoms with Crippen molar-refractivity contribution in [3.63, 3.8) is 0 Å². The van der Waals surface area contributed by atoms with E-state index in [2.05, 4.69) is 36.9 Å². The fourth-order valence-electron chi connectivity index (χ4n) is 2.61. The van der Waals surface area contributed by atoms with Crippen LogP contribution in [0.3, 0.4) is 0 Å². The number of rotatable bonds is 5. The maximum atomic E-state index is 5.71. The zero-order valence-electron chi connectivity index (χ0n) is 12.0. The van der Waals surface area contributed by atoms with E-state index in [1.165, 1.54) is 16.7 Å². The van der Waals surface area contributed by atoms with Crippen molar-refractivity contribution in [3.8, 4) is 0 Å². The van der Waals surface area contributed by atoms with Crippen LogP contribution in [0.5, 0.6) is 0 Å². The average Bonchev–Trinajstić information content (AvgIpc) is 2.42. The zero-order chi connectivity index (χ0) is 13.7. The van der Waals surface area contributed by atoms with Crippen molar-refractivity contribution in [3.05, 3.63) is 34.9 Å². The van der Waals surface area contributed by atoms with Crippen molar-refractivity contribution in [1.82, 2.24) is 4.90 Å². The Labute approximate surface area is 121 Å². The number of hydrogen-bond donors (Lipinski definition) is 0. The first kappa shape index (κ1) is 14.8. The smallest absolute Gasteiger partial charge is 0.0605 e. The zero-order valence-corrected chi connectivity index (χ0v) is 12.7. The van der Waals surface area contributed by atoms with Crippen molar-refractivity contribution in [1.29, 1.82) is 0 Å². The normalized spacial score (nSPS) is 17.8. The summed E-state index contributed by atoms with van der Waals surface area (Å²) in [6.45, 7) is 8.34. The lowest BCUT2D eigenvalue weighted by Gasteiger charge is -2.31. The second-order valence-corrected chi connectivity index (χ2v) is 5.83. The molecule has 1 saturated heterocycles. The largest absolute Gasteiger partial charge is 0.377 e. The minimum atomic E-state index is 0.412. The van der Waals surface area contributed by atoms with Gasteiger partial charge in [0.05, 0.1) is 12.7 Å². The lowest BCUT2D eigenvalue weighted by atomic mass is 10.0. The molecule has 2 rings (SSSR count). The van der Waals surface area contributed by atoms with Gasteiger partial charge in [-0.15, -0.1) is 11.6 Å². The van der Waals surface area contributed by atoms with Gasteiger partial charge >= 0.3 is 0 Å². The molecule has 1 aliphatic rings.